The molecule has 0 saturated carbocycles. The number of halogens is 1. The quantitative estimate of drug-likeness (QED) is 0.137. The van der Waals surface area contributed by atoms with Gasteiger partial charge in [0, 0.05) is 23.6 Å². The van der Waals surface area contributed by atoms with Gasteiger partial charge in [-0.05, 0) is 52.2 Å². The van der Waals surface area contributed by atoms with Gasteiger partial charge >= 0.3 is 5.97 Å². The number of carbonyl (C=O) groups is 1. The zero-order valence-corrected chi connectivity index (χ0v) is 26.9. The summed E-state index contributed by atoms with van der Waals surface area (Å²) in [6, 6.07) is -0.551. The van der Waals surface area contributed by atoms with Crippen LogP contribution in [0.4, 0.5) is 0 Å². The first-order chi connectivity index (χ1) is 18.4. The molecule has 0 aromatic rings. The fraction of sp³-hybridized carbons (Fsp3) is 0.897. The van der Waals surface area contributed by atoms with E-state index in [1.54, 1.807) is 21.0 Å². The van der Waals surface area contributed by atoms with Crippen LogP contribution in [-0.2, 0) is 28.5 Å². The third-order valence-corrected chi connectivity index (χ3v) is 10.2. The van der Waals surface area contributed by atoms with Crippen molar-refractivity contribution in [1.82, 2.24) is 0 Å². The van der Waals surface area contributed by atoms with Gasteiger partial charge in [-0.25, -0.2) is 5.21 Å². The summed E-state index contributed by atoms with van der Waals surface area (Å²) in [6.07, 6.45) is -1.55. The molecule has 3 bridgehead atoms. The van der Waals surface area contributed by atoms with Gasteiger partial charge < -0.3 is 33.9 Å². The summed E-state index contributed by atoms with van der Waals surface area (Å²) >= 11 is 3.63. The molecule has 40 heavy (non-hydrogen) atoms. The van der Waals surface area contributed by atoms with E-state index in [0.29, 0.717) is 24.6 Å². The van der Waals surface area contributed by atoms with Crippen molar-refractivity contribution in [3.63, 3.8) is 0 Å². The molecule has 13 atom stereocenters. The second-order valence-electron chi connectivity index (χ2n) is 13.4. The second kappa shape index (κ2) is 11.1. The van der Waals surface area contributed by atoms with Crippen LogP contribution in [0.1, 0.15) is 67.7 Å². The average Bonchev–Trinajstić information content (AvgIpc) is 3.31. The van der Waals surface area contributed by atoms with E-state index in [-0.39, 0.29) is 12.0 Å². The van der Waals surface area contributed by atoms with Gasteiger partial charge in [0.1, 0.15) is 11.7 Å². The van der Waals surface area contributed by atoms with E-state index >= 15 is 0 Å². The highest BCUT2D eigenvalue weighted by atomic mass is 79.9. The number of nitrogens with zero attached hydrogens (tertiary/aromatic N) is 1. The molecule has 230 valence electrons. The topological polar surface area (TPSA) is 124 Å². The summed E-state index contributed by atoms with van der Waals surface area (Å²) in [5.74, 6) is -3.21. The molecule has 0 radical (unpaired) electrons. The predicted octanol–water partition coefficient (Wildman–Crippen LogP) is 3.29. The van der Waals surface area contributed by atoms with Gasteiger partial charge in [-0.2, -0.15) is 4.65 Å². The number of carbonyl (C=O) groups excluding carboxylic acids is 1. The first kappa shape index (κ1) is 32.3. The van der Waals surface area contributed by atoms with E-state index in [1.807, 2.05) is 40.7 Å². The normalized spacial score (nSPS) is 50.1. The Kier molecular flexibility index (Phi) is 8.99. The van der Waals surface area contributed by atoms with E-state index in [4.69, 9.17) is 23.7 Å². The number of likely N-dealkylation sites (N-methyl/N-ethyl adjacent to an activating group) is 1. The molecule has 3 fully saturated rings. The number of cyclic esters (lactones) is 1. The Hall–Kier alpha value is -0.630. The number of quaternary nitrogens is 1. The van der Waals surface area contributed by atoms with Crippen molar-refractivity contribution in [3.8, 4) is 0 Å². The number of aliphatic hydroxyl groups excluding tert-OH is 2. The lowest BCUT2D eigenvalue weighted by molar-refractivity contribution is -1.09. The highest BCUT2D eigenvalue weighted by Gasteiger charge is 2.65. The molecule has 4 heterocycles. The highest BCUT2D eigenvalue weighted by Crippen LogP contribution is 2.56. The van der Waals surface area contributed by atoms with E-state index in [1.165, 1.54) is 0 Å². The molecule has 4 aliphatic heterocycles. The molecule has 3 N–H and O–H groups in total. The van der Waals surface area contributed by atoms with Crippen molar-refractivity contribution in [2.45, 2.75) is 128 Å². The third kappa shape index (κ3) is 5.43. The SMILES string of the molecule is CC[C@H]1OC(=O)[C@H](C)[C@@H](O)[C@H](C)[C@@H](O[C@@H]2O[C@H](C)C[C@H]([N+](C)(C)O)[C@H]2O)[C@@]2(C)CC(C)C3(OC1(C)C=C3CBr)O2. The maximum Gasteiger partial charge on any atom is 0.311 e. The number of hydroxylamine groups is 3. The molecular formula is C29H49BrNO9+. The Morgan fingerprint density at radius 2 is 1.77 bits per heavy atom. The van der Waals surface area contributed by atoms with Crippen LogP contribution in [0.25, 0.3) is 0 Å². The Balaban J connectivity index is 1.79. The maximum atomic E-state index is 13.4. The minimum absolute atomic E-state index is 0.109. The Bertz CT molecular complexity index is 989. The lowest BCUT2D eigenvalue weighted by Crippen LogP contribution is -2.63. The monoisotopic (exact) mass is 634 g/mol. The molecule has 3 unspecified atom stereocenters. The Labute approximate surface area is 246 Å². The Morgan fingerprint density at radius 1 is 1.12 bits per heavy atom. The Morgan fingerprint density at radius 3 is 2.35 bits per heavy atom. The molecule has 0 aliphatic carbocycles. The van der Waals surface area contributed by atoms with Gasteiger partial charge in [0.05, 0.1) is 43.9 Å². The van der Waals surface area contributed by atoms with E-state index in [9.17, 15) is 20.2 Å². The molecule has 0 aromatic carbocycles. The van der Waals surface area contributed by atoms with Gasteiger partial charge in [0.15, 0.2) is 24.2 Å². The van der Waals surface area contributed by atoms with Crippen molar-refractivity contribution in [2.24, 2.45) is 17.8 Å². The van der Waals surface area contributed by atoms with Gasteiger partial charge in [-0.3, -0.25) is 4.79 Å². The molecule has 3 saturated heterocycles. The first-order valence-electron chi connectivity index (χ1n) is 14.5. The zero-order chi connectivity index (χ0) is 30.0. The van der Waals surface area contributed by atoms with Crippen LogP contribution in [0.2, 0.25) is 0 Å². The maximum absolute atomic E-state index is 13.4. The predicted molar refractivity (Wildman–Crippen MR) is 149 cm³/mol. The van der Waals surface area contributed by atoms with Crippen LogP contribution in [0.15, 0.2) is 11.6 Å². The minimum atomic E-state index is -1.14. The van der Waals surface area contributed by atoms with E-state index in [0.717, 1.165) is 5.57 Å². The number of hydrogen-bond donors (Lipinski definition) is 3. The number of hydrogen-bond acceptors (Lipinski definition) is 9. The fourth-order valence-corrected chi connectivity index (χ4v) is 7.99. The molecule has 1 spiro atoms. The molecule has 11 heteroatoms. The number of ether oxygens (including phenoxy) is 5. The van der Waals surface area contributed by atoms with Crippen LogP contribution >= 0.6 is 15.9 Å². The lowest BCUT2D eigenvalue weighted by atomic mass is 9.78. The highest BCUT2D eigenvalue weighted by molar-refractivity contribution is 9.09. The number of aliphatic hydroxyl groups is 2. The zero-order valence-electron chi connectivity index (χ0n) is 25.3. The second-order valence-corrected chi connectivity index (χ2v) is 14.0. The lowest BCUT2D eigenvalue weighted by Gasteiger charge is -2.47. The standard InChI is InChI=1S/C29H49BrNO9/c1-10-21-27(6)13-19(14-30)29(39-27)15(2)12-28(7,40-29)24(17(4)22(32)18(5)25(34)37-21)38-26-23(33)20(31(8,9)35)11-16(3)36-26/h13,15-18,20-24,26,32-33,35H,10-12,14H2,1-9H3/q+1/t15?,16-,17+,18-,20+,21-,22+,23-,24-,26+,27?,28-,29?/m1/s1. The van der Waals surface area contributed by atoms with Crippen molar-refractivity contribution >= 4 is 21.9 Å². The van der Waals surface area contributed by atoms with Crippen LogP contribution < -0.4 is 0 Å². The third-order valence-electron chi connectivity index (χ3n) is 9.64. The van der Waals surface area contributed by atoms with Gasteiger partial charge in [-0.15, -0.1) is 0 Å². The summed E-state index contributed by atoms with van der Waals surface area (Å²) in [4.78, 5) is 13.4. The van der Waals surface area contributed by atoms with Crippen molar-refractivity contribution in [1.29, 1.82) is 0 Å². The number of rotatable bonds is 5. The van der Waals surface area contributed by atoms with Gasteiger partial charge in [0.25, 0.3) is 0 Å². The van der Waals surface area contributed by atoms with Crippen molar-refractivity contribution in [3.05, 3.63) is 11.6 Å². The van der Waals surface area contributed by atoms with Crippen LogP contribution in [0.3, 0.4) is 0 Å². The summed E-state index contributed by atoms with van der Waals surface area (Å²) in [7, 11) is 3.22. The largest absolute Gasteiger partial charge is 0.459 e. The summed E-state index contributed by atoms with van der Waals surface area (Å²) < 4.78 is 32.0. The van der Waals surface area contributed by atoms with Crippen LogP contribution in [-0.4, -0.2) is 105 Å². The molecule has 0 amide bonds. The van der Waals surface area contributed by atoms with E-state index in [2.05, 4.69) is 22.9 Å². The molecule has 0 aromatic heterocycles. The molecule has 4 aliphatic rings. The molecule has 4 rings (SSSR count). The van der Waals surface area contributed by atoms with E-state index < -0.39 is 76.2 Å². The summed E-state index contributed by atoms with van der Waals surface area (Å²) in [6.45, 7) is 13.2. The van der Waals surface area contributed by atoms with Crippen molar-refractivity contribution < 1.29 is 48.5 Å². The number of alkyl halides is 1. The molecular weight excluding hydrogens is 586 g/mol. The average molecular weight is 636 g/mol. The minimum Gasteiger partial charge on any atom is -0.459 e. The van der Waals surface area contributed by atoms with Crippen LogP contribution in [0.5, 0.6) is 0 Å². The smallest absolute Gasteiger partial charge is 0.311 e. The number of esters is 1. The van der Waals surface area contributed by atoms with Crippen LogP contribution in [0, 0.1) is 17.8 Å². The molecule has 10 nitrogen and oxygen atoms in total. The fourth-order valence-electron chi connectivity index (χ4n) is 7.43. The summed E-state index contributed by atoms with van der Waals surface area (Å²) in [5.41, 5.74) is -1.02. The summed E-state index contributed by atoms with van der Waals surface area (Å²) in [5, 5.41) is 34.1. The van der Waals surface area contributed by atoms with Gasteiger partial charge in [-0.1, -0.05) is 36.7 Å². The first-order valence-corrected chi connectivity index (χ1v) is 15.7. The van der Waals surface area contributed by atoms with Crippen molar-refractivity contribution in [2.75, 3.05) is 19.4 Å². The van der Waals surface area contributed by atoms with Gasteiger partial charge in [0.2, 0.25) is 0 Å². The number of fused-ring (bicyclic) bond motifs is 2.